The van der Waals surface area contributed by atoms with Crippen LogP contribution in [0.1, 0.15) is 11.1 Å². The Morgan fingerprint density at radius 3 is 2.63 bits per heavy atom. The Balaban J connectivity index is 1.80. The van der Waals surface area contributed by atoms with Gasteiger partial charge in [-0.25, -0.2) is 8.42 Å². The van der Waals surface area contributed by atoms with Crippen molar-refractivity contribution < 1.29 is 13.2 Å². The predicted molar refractivity (Wildman–Crippen MR) is 110 cm³/mol. The lowest BCUT2D eigenvalue weighted by molar-refractivity contribution is -0.115. The number of carbonyl (C=O) groups is 1. The van der Waals surface area contributed by atoms with Gasteiger partial charge in [0, 0.05) is 10.7 Å². The molecule has 0 atom stereocenters. The molecule has 0 saturated carbocycles. The lowest BCUT2D eigenvalue weighted by Gasteiger charge is -2.13. The summed E-state index contributed by atoms with van der Waals surface area (Å²) in [5.41, 5.74) is 2.28. The van der Waals surface area contributed by atoms with Gasteiger partial charge in [0.25, 0.3) is 10.0 Å². The van der Waals surface area contributed by atoms with Crippen molar-refractivity contribution in [1.29, 1.82) is 0 Å². The second-order valence-electron chi connectivity index (χ2n) is 5.95. The van der Waals surface area contributed by atoms with Crippen LogP contribution >= 0.6 is 22.9 Å². The van der Waals surface area contributed by atoms with Crippen LogP contribution in [0, 0.1) is 6.92 Å². The number of amides is 1. The van der Waals surface area contributed by atoms with Gasteiger partial charge in [-0.3, -0.25) is 9.52 Å². The fourth-order valence-electron chi connectivity index (χ4n) is 2.51. The summed E-state index contributed by atoms with van der Waals surface area (Å²) < 4.78 is 28.0. The fourth-order valence-corrected chi connectivity index (χ4v) is 4.69. The first-order valence-corrected chi connectivity index (χ1v) is 10.8. The van der Waals surface area contributed by atoms with E-state index >= 15 is 0 Å². The number of aryl methyl sites for hydroxylation is 1. The zero-order chi connectivity index (χ0) is 19.4. The smallest absolute Gasteiger partial charge is 0.262 e. The highest BCUT2D eigenvalue weighted by Crippen LogP contribution is 2.24. The molecule has 27 heavy (non-hydrogen) atoms. The highest BCUT2D eigenvalue weighted by atomic mass is 35.5. The maximum atomic E-state index is 12.8. The molecule has 0 bridgehead atoms. The van der Waals surface area contributed by atoms with Crippen molar-refractivity contribution in [2.45, 2.75) is 18.2 Å². The molecule has 3 rings (SSSR count). The summed E-state index contributed by atoms with van der Waals surface area (Å²) in [6.45, 7) is 1.70. The molecule has 140 valence electrons. The Labute approximate surface area is 167 Å². The zero-order valence-corrected chi connectivity index (χ0v) is 16.8. The monoisotopic (exact) mass is 420 g/mol. The van der Waals surface area contributed by atoms with Crippen LogP contribution in [0.4, 0.5) is 11.4 Å². The molecule has 1 heterocycles. The number of sulfonamides is 1. The van der Waals surface area contributed by atoms with Crippen molar-refractivity contribution in [3.8, 4) is 0 Å². The van der Waals surface area contributed by atoms with Gasteiger partial charge in [-0.15, -0.1) is 0 Å². The van der Waals surface area contributed by atoms with E-state index in [1.54, 1.807) is 37.3 Å². The summed E-state index contributed by atoms with van der Waals surface area (Å²) in [5, 5.41) is 6.98. The quantitative estimate of drug-likeness (QED) is 0.607. The molecule has 5 nitrogen and oxygen atoms in total. The summed E-state index contributed by atoms with van der Waals surface area (Å²) in [5.74, 6) is -0.205. The molecule has 0 fully saturated rings. The molecule has 0 saturated heterocycles. The molecule has 1 amide bonds. The van der Waals surface area contributed by atoms with E-state index in [0.29, 0.717) is 22.0 Å². The molecular formula is C19H17ClN2O3S2. The Morgan fingerprint density at radius 1 is 1.11 bits per heavy atom. The minimum absolute atomic E-state index is 0.0933. The van der Waals surface area contributed by atoms with E-state index in [9.17, 15) is 13.2 Å². The maximum Gasteiger partial charge on any atom is 0.262 e. The topological polar surface area (TPSA) is 75.3 Å². The van der Waals surface area contributed by atoms with Crippen LogP contribution in [0.25, 0.3) is 0 Å². The molecule has 0 aliphatic rings. The van der Waals surface area contributed by atoms with E-state index < -0.39 is 10.0 Å². The summed E-state index contributed by atoms with van der Waals surface area (Å²) in [6.07, 6.45) is 0.236. The third-order valence-corrected chi connectivity index (χ3v) is 6.27. The number of hydrogen-bond acceptors (Lipinski definition) is 4. The van der Waals surface area contributed by atoms with Crippen molar-refractivity contribution in [2.24, 2.45) is 0 Å². The normalized spacial score (nSPS) is 11.2. The van der Waals surface area contributed by atoms with Gasteiger partial charge >= 0.3 is 0 Å². The standard InChI is InChI=1S/C19H17ClN2O3S2/c1-13-5-6-16(21-19(23)9-14-7-8-26-12-14)11-18(13)27(24,25)22-17-4-2-3-15(20)10-17/h2-8,10-12,22H,9H2,1H3,(H,21,23). The fraction of sp³-hybridized carbons (Fsp3) is 0.105. The van der Waals surface area contributed by atoms with Gasteiger partial charge < -0.3 is 5.32 Å². The Hall–Kier alpha value is -2.35. The van der Waals surface area contributed by atoms with Gasteiger partial charge in [0.05, 0.1) is 17.0 Å². The molecular weight excluding hydrogens is 404 g/mol. The van der Waals surface area contributed by atoms with E-state index in [4.69, 9.17) is 11.6 Å². The van der Waals surface area contributed by atoms with Crippen LogP contribution in [0.3, 0.4) is 0 Å². The summed E-state index contributed by atoms with van der Waals surface area (Å²) in [4.78, 5) is 12.3. The molecule has 0 spiro atoms. The minimum Gasteiger partial charge on any atom is -0.326 e. The molecule has 1 aromatic heterocycles. The molecule has 8 heteroatoms. The molecule has 2 aromatic carbocycles. The Bertz CT molecular complexity index is 1060. The number of carbonyl (C=O) groups excluding carboxylic acids is 1. The number of anilines is 2. The van der Waals surface area contributed by atoms with Gasteiger partial charge in [0.1, 0.15) is 0 Å². The van der Waals surface area contributed by atoms with Gasteiger partial charge in [0.15, 0.2) is 0 Å². The average Bonchev–Trinajstić information content (AvgIpc) is 3.09. The predicted octanol–water partition coefficient (Wildman–Crippen LogP) is 4.69. The number of nitrogens with one attached hydrogen (secondary N) is 2. The van der Waals surface area contributed by atoms with E-state index in [1.807, 2.05) is 16.8 Å². The van der Waals surface area contributed by atoms with Gasteiger partial charge in [-0.2, -0.15) is 11.3 Å². The summed E-state index contributed by atoms with van der Waals surface area (Å²) >= 11 is 7.43. The van der Waals surface area contributed by atoms with Crippen molar-refractivity contribution in [1.82, 2.24) is 0 Å². The van der Waals surface area contributed by atoms with Crippen molar-refractivity contribution in [3.05, 3.63) is 75.4 Å². The summed E-state index contributed by atoms with van der Waals surface area (Å²) in [7, 11) is -3.83. The van der Waals surface area contributed by atoms with Crippen molar-refractivity contribution in [3.63, 3.8) is 0 Å². The van der Waals surface area contributed by atoms with Gasteiger partial charge in [-0.1, -0.05) is 23.7 Å². The second-order valence-corrected chi connectivity index (χ2v) is 8.82. The first kappa shape index (κ1) is 19.4. The number of halogens is 1. The van der Waals surface area contributed by atoms with Crippen molar-refractivity contribution in [2.75, 3.05) is 10.0 Å². The van der Waals surface area contributed by atoms with Crippen LogP contribution in [0.2, 0.25) is 5.02 Å². The molecule has 0 unspecified atom stereocenters. The van der Waals surface area contributed by atoms with E-state index in [-0.39, 0.29) is 17.2 Å². The minimum atomic E-state index is -3.83. The lowest BCUT2D eigenvalue weighted by atomic mass is 10.2. The lowest BCUT2D eigenvalue weighted by Crippen LogP contribution is -2.17. The Kier molecular flexibility index (Phi) is 5.84. The van der Waals surface area contributed by atoms with Crippen molar-refractivity contribution >= 4 is 50.2 Å². The molecule has 0 aliphatic heterocycles. The SMILES string of the molecule is Cc1ccc(NC(=O)Cc2ccsc2)cc1S(=O)(=O)Nc1cccc(Cl)c1. The number of rotatable bonds is 6. The van der Waals surface area contributed by atoms with Crippen LogP contribution in [-0.4, -0.2) is 14.3 Å². The average molecular weight is 421 g/mol. The van der Waals surface area contributed by atoms with E-state index in [2.05, 4.69) is 10.0 Å². The van der Waals surface area contributed by atoms with Crippen LogP contribution < -0.4 is 10.0 Å². The summed E-state index contributed by atoms with van der Waals surface area (Å²) in [6, 6.07) is 13.1. The van der Waals surface area contributed by atoms with E-state index in [0.717, 1.165) is 5.56 Å². The first-order valence-electron chi connectivity index (χ1n) is 8.03. The van der Waals surface area contributed by atoms with E-state index in [1.165, 1.54) is 23.5 Å². The second kappa shape index (κ2) is 8.12. The maximum absolute atomic E-state index is 12.8. The molecule has 2 N–H and O–H groups in total. The Morgan fingerprint density at radius 2 is 1.93 bits per heavy atom. The van der Waals surface area contributed by atoms with Crippen LogP contribution in [-0.2, 0) is 21.2 Å². The van der Waals surface area contributed by atoms with Gasteiger partial charge in [0.2, 0.25) is 5.91 Å². The van der Waals surface area contributed by atoms with Crippen LogP contribution in [0.5, 0.6) is 0 Å². The van der Waals surface area contributed by atoms with Crippen LogP contribution in [0.15, 0.2) is 64.2 Å². The molecule has 3 aromatic rings. The number of benzene rings is 2. The highest BCUT2D eigenvalue weighted by molar-refractivity contribution is 7.92. The molecule has 0 radical (unpaired) electrons. The largest absolute Gasteiger partial charge is 0.326 e. The highest BCUT2D eigenvalue weighted by Gasteiger charge is 2.18. The number of hydrogen-bond donors (Lipinski definition) is 2. The third kappa shape index (κ3) is 5.09. The first-order chi connectivity index (χ1) is 12.8. The zero-order valence-electron chi connectivity index (χ0n) is 14.4. The number of thiophene rings is 1. The van der Waals surface area contributed by atoms with Gasteiger partial charge in [-0.05, 0) is 65.2 Å². The molecule has 0 aliphatic carbocycles. The third-order valence-electron chi connectivity index (χ3n) is 3.78.